The molecule has 2 aliphatic heterocycles. The van der Waals surface area contributed by atoms with Crippen molar-refractivity contribution < 1.29 is 4.42 Å². The van der Waals surface area contributed by atoms with Gasteiger partial charge < -0.3 is 14.6 Å². The summed E-state index contributed by atoms with van der Waals surface area (Å²) in [4.78, 5) is 9.50. The monoisotopic (exact) mass is 250 g/mol. The van der Waals surface area contributed by atoms with Crippen LogP contribution in [0.1, 0.15) is 25.5 Å². The van der Waals surface area contributed by atoms with Gasteiger partial charge in [-0.3, -0.25) is 4.90 Å². The molecule has 5 nitrogen and oxygen atoms in total. The Morgan fingerprint density at radius 2 is 2.39 bits per heavy atom. The van der Waals surface area contributed by atoms with Gasteiger partial charge in [0.15, 0.2) is 0 Å². The smallest absolute Gasteiger partial charge is 0.297 e. The van der Waals surface area contributed by atoms with Gasteiger partial charge in [0.1, 0.15) is 6.26 Å². The summed E-state index contributed by atoms with van der Waals surface area (Å²) in [5.41, 5.74) is 0.980. The first-order chi connectivity index (χ1) is 8.78. The molecule has 2 saturated heterocycles. The number of hydrogen-bond donors (Lipinski definition) is 1. The second-order valence-electron chi connectivity index (χ2n) is 5.44. The zero-order valence-corrected chi connectivity index (χ0v) is 11.2. The molecule has 1 aromatic rings. The van der Waals surface area contributed by atoms with Crippen molar-refractivity contribution in [2.75, 3.05) is 31.6 Å². The summed E-state index contributed by atoms with van der Waals surface area (Å²) in [5.74, 6) is 0. The fourth-order valence-electron chi connectivity index (χ4n) is 3.14. The molecule has 0 spiro atoms. The Morgan fingerprint density at radius 3 is 3.22 bits per heavy atom. The SMILES string of the molecule is CNCc1coc(N2CC3CCCN3CC2C)n1. The van der Waals surface area contributed by atoms with Crippen LogP contribution in [0.4, 0.5) is 6.01 Å². The summed E-state index contributed by atoms with van der Waals surface area (Å²) in [7, 11) is 1.92. The minimum atomic E-state index is 0.487. The molecule has 0 radical (unpaired) electrons. The first-order valence-electron chi connectivity index (χ1n) is 6.87. The summed E-state index contributed by atoms with van der Waals surface area (Å²) < 4.78 is 5.63. The van der Waals surface area contributed by atoms with Crippen molar-refractivity contribution >= 4 is 6.01 Å². The maximum Gasteiger partial charge on any atom is 0.297 e. The highest BCUT2D eigenvalue weighted by atomic mass is 16.4. The van der Waals surface area contributed by atoms with Crippen molar-refractivity contribution in [2.45, 2.75) is 38.4 Å². The number of hydrogen-bond acceptors (Lipinski definition) is 5. The van der Waals surface area contributed by atoms with Gasteiger partial charge in [0.2, 0.25) is 0 Å². The molecule has 0 aliphatic carbocycles. The van der Waals surface area contributed by atoms with Crippen LogP contribution in [-0.2, 0) is 6.54 Å². The standard InChI is InChI=1S/C13H22N4O/c1-10-7-16-5-3-4-12(16)8-17(10)13-15-11(6-14-2)9-18-13/h9-10,12,14H,3-8H2,1-2H3. The Balaban J connectivity index is 1.73. The minimum Gasteiger partial charge on any atom is -0.432 e. The lowest BCUT2D eigenvalue weighted by Gasteiger charge is -2.41. The Kier molecular flexibility index (Phi) is 3.26. The van der Waals surface area contributed by atoms with Gasteiger partial charge in [-0.05, 0) is 33.4 Å². The summed E-state index contributed by atoms with van der Waals surface area (Å²) in [6, 6.07) is 1.97. The molecular formula is C13H22N4O. The van der Waals surface area contributed by atoms with Crippen molar-refractivity contribution in [1.82, 2.24) is 15.2 Å². The van der Waals surface area contributed by atoms with E-state index in [0.29, 0.717) is 12.1 Å². The molecule has 3 rings (SSSR count). The molecule has 1 N–H and O–H groups in total. The molecule has 0 aromatic carbocycles. The molecule has 0 amide bonds. The zero-order chi connectivity index (χ0) is 12.5. The lowest BCUT2D eigenvalue weighted by atomic mass is 10.1. The Hall–Kier alpha value is -1.07. The fraction of sp³-hybridized carbons (Fsp3) is 0.769. The second kappa shape index (κ2) is 4.90. The maximum absolute atomic E-state index is 5.63. The van der Waals surface area contributed by atoms with Crippen LogP contribution < -0.4 is 10.2 Å². The number of aromatic nitrogens is 1. The normalized spacial score (nSPS) is 28.7. The number of fused-ring (bicyclic) bond motifs is 1. The summed E-state index contributed by atoms with van der Waals surface area (Å²) in [6.45, 7) is 6.48. The van der Waals surface area contributed by atoms with Gasteiger partial charge in [0.25, 0.3) is 6.01 Å². The lowest BCUT2D eigenvalue weighted by molar-refractivity contribution is 0.197. The number of piperazine rings is 1. The molecule has 2 atom stereocenters. The summed E-state index contributed by atoms with van der Waals surface area (Å²) in [6.07, 6.45) is 4.41. The van der Waals surface area contributed by atoms with Crippen LogP contribution in [0.15, 0.2) is 10.7 Å². The van der Waals surface area contributed by atoms with E-state index in [-0.39, 0.29) is 0 Å². The number of nitrogens with one attached hydrogen (secondary N) is 1. The largest absolute Gasteiger partial charge is 0.432 e. The topological polar surface area (TPSA) is 44.5 Å². The van der Waals surface area contributed by atoms with Gasteiger partial charge in [-0.2, -0.15) is 4.98 Å². The van der Waals surface area contributed by atoms with Crippen LogP contribution in [-0.4, -0.2) is 48.6 Å². The molecule has 2 fully saturated rings. The molecule has 2 unspecified atom stereocenters. The molecule has 5 heteroatoms. The van der Waals surface area contributed by atoms with E-state index in [4.69, 9.17) is 4.42 Å². The van der Waals surface area contributed by atoms with Crippen molar-refractivity contribution in [3.05, 3.63) is 12.0 Å². The van der Waals surface area contributed by atoms with Gasteiger partial charge in [-0.15, -0.1) is 0 Å². The van der Waals surface area contributed by atoms with Crippen LogP contribution in [0.5, 0.6) is 0 Å². The van der Waals surface area contributed by atoms with E-state index in [1.165, 1.54) is 19.4 Å². The first-order valence-corrected chi connectivity index (χ1v) is 6.87. The van der Waals surface area contributed by atoms with Crippen molar-refractivity contribution in [2.24, 2.45) is 0 Å². The van der Waals surface area contributed by atoms with Crippen molar-refractivity contribution in [1.29, 1.82) is 0 Å². The van der Waals surface area contributed by atoms with Gasteiger partial charge in [0.05, 0.1) is 5.69 Å². The molecular weight excluding hydrogens is 228 g/mol. The van der Waals surface area contributed by atoms with E-state index < -0.39 is 0 Å². The Bertz CT molecular complexity index is 405. The highest BCUT2D eigenvalue weighted by molar-refractivity contribution is 5.31. The third kappa shape index (κ3) is 2.12. The third-order valence-corrected chi connectivity index (χ3v) is 4.08. The molecule has 2 aliphatic rings. The van der Waals surface area contributed by atoms with E-state index in [1.54, 1.807) is 6.26 Å². The fourth-order valence-corrected chi connectivity index (χ4v) is 3.14. The van der Waals surface area contributed by atoms with Crippen LogP contribution >= 0.6 is 0 Å². The molecule has 0 saturated carbocycles. The van der Waals surface area contributed by atoms with Crippen molar-refractivity contribution in [3.8, 4) is 0 Å². The molecule has 1 aromatic heterocycles. The summed E-state index contributed by atoms with van der Waals surface area (Å²) >= 11 is 0. The average Bonchev–Trinajstić information content (AvgIpc) is 2.96. The predicted molar refractivity (Wildman–Crippen MR) is 70.7 cm³/mol. The second-order valence-corrected chi connectivity index (χ2v) is 5.44. The van der Waals surface area contributed by atoms with Crippen LogP contribution in [0.25, 0.3) is 0 Å². The Morgan fingerprint density at radius 1 is 1.50 bits per heavy atom. The van der Waals surface area contributed by atoms with E-state index in [1.807, 2.05) is 7.05 Å². The average molecular weight is 250 g/mol. The van der Waals surface area contributed by atoms with E-state index in [2.05, 4.69) is 27.0 Å². The number of rotatable bonds is 3. The van der Waals surface area contributed by atoms with E-state index >= 15 is 0 Å². The number of oxazole rings is 1. The van der Waals surface area contributed by atoms with Crippen LogP contribution in [0.2, 0.25) is 0 Å². The van der Waals surface area contributed by atoms with Crippen molar-refractivity contribution in [3.63, 3.8) is 0 Å². The van der Waals surface area contributed by atoms with Crippen LogP contribution in [0.3, 0.4) is 0 Å². The molecule has 3 heterocycles. The van der Waals surface area contributed by atoms with E-state index in [0.717, 1.165) is 31.3 Å². The highest BCUT2D eigenvalue weighted by Crippen LogP contribution is 2.28. The predicted octanol–water partition coefficient (Wildman–Crippen LogP) is 1.07. The highest BCUT2D eigenvalue weighted by Gasteiger charge is 2.36. The molecule has 18 heavy (non-hydrogen) atoms. The quantitative estimate of drug-likeness (QED) is 0.869. The summed E-state index contributed by atoms with van der Waals surface area (Å²) in [5, 5.41) is 3.10. The molecule has 100 valence electrons. The number of anilines is 1. The first kappa shape index (κ1) is 12.0. The van der Waals surface area contributed by atoms with Gasteiger partial charge in [-0.25, -0.2) is 0 Å². The van der Waals surface area contributed by atoms with Crippen LogP contribution in [0, 0.1) is 0 Å². The Labute approximate surface area is 108 Å². The minimum absolute atomic E-state index is 0.487. The zero-order valence-electron chi connectivity index (χ0n) is 11.2. The van der Waals surface area contributed by atoms with E-state index in [9.17, 15) is 0 Å². The third-order valence-electron chi connectivity index (χ3n) is 4.08. The van der Waals surface area contributed by atoms with Gasteiger partial charge >= 0.3 is 0 Å². The number of nitrogens with zero attached hydrogens (tertiary/aromatic N) is 3. The molecule has 0 bridgehead atoms. The van der Waals surface area contributed by atoms with Gasteiger partial charge in [-0.1, -0.05) is 0 Å². The maximum atomic E-state index is 5.63. The lowest BCUT2D eigenvalue weighted by Crippen LogP contribution is -2.55. The van der Waals surface area contributed by atoms with Gasteiger partial charge in [0, 0.05) is 31.7 Å².